The molecule has 0 radical (unpaired) electrons. The fourth-order valence-corrected chi connectivity index (χ4v) is 4.48. The molecule has 2 N–H and O–H groups in total. The number of nitrogens with zero attached hydrogens (tertiary/aromatic N) is 2. The van der Waals surface area contributed by atoms with E-state index < -0.39 is 0 Å². The van der Waals surface area contributed by atoms with E-state index in [1.165, 1.54) is 0 Å². The van der Waals surface area contributed by atoms with Crippen LogP contribution in [0.2, 0.25) is 0 Å². The summed E-state index contributed by atoms with van der Waals surface area (Å²) in [6.45, 7) is 4.55. The summed E-state index contributed by atoms with van der Waals surface area (Å²) in [6, 6.07) is 15.0. The van der Waals surface area contributed by atoms with Gasteiger partial charge in [0.1, 0.15) is 23.2 Å². The Morgan fingerprint density at radius 2 is 1.91 bits per heavy atom. The van der Waals surface area contributed by atoms with Crippen LogP contribution in [-0.2, 0) is 4.79 Å². The molecule has 0 saturated heterocycles. The van der Waals surface area contributed by atoms with E-state index in [9.17, 15) is 9.59 Å². The van der Waals surface area contributed by atoms with Gasteiger partial charge in [0.05, 0.1) is 12.8 Å². The largest absolute Gasteiger partial charge is 0.494 e. The lowest BCUT2D eigenvalue weighted by molar-refractivity contribution is -0.116. The van der Waals surface area contributed by atoms with Crippen LogP contribution in [0.5, 0.6) is 5.75 Å². The summed E-state index contributed by atoms with van der Waals surface area (Å²) in [6.07, 6.45) is 3.67. The van der Waals surface area contributed by atoms with Crippen molar-refractivity contribution in [2.45, 2.75) is 39.2 Å². The Hall–Kier alpha value is -3.87. The molecule has 2 heterocycles. The minimum absolute atomic E-state index is 0.135. The summed E-state index contributed by atoms with van der Waals surface area (Å²) in [5.74, 6) is 1.23. The number of carbonyl (C=O) groups is 2. The second-order valence-electron chi connectivity index (χ2n) is 8.37. The van der Waals surface area contributed by atoms with Crippen LogP contribution >= 0.6 is 0 Å². The quantitative estimate of drug-likeness (QED) is 0.589. The van der Waals surface area contributed by atoms with Gasteiger partial charge in [-0.05, 0) is 56.5 Å². The summed E-state index contributed by atoms with van der Waals surface area (Å²) < 4.78 is 7.23. The van der Waals surface area contributed by atoms with E-state index in [-0.39, 0.29) is 17.7 Å². The number of ether oxygens (including phenoxy) is 1. The van der Waals surface area contributed by atoms with Crippen molar-refractivity contribution < 1.29 is 14.3 Å². The third-order valence-electron chi connectivity index (χ3n) is 6.10. The fourth-order valence-electron chi connectivity index (χ4n) is 4.48. The van der Waals surface area contributed by atoms with Crippen LogP contribution < -0.4 is 15.4 Å². The number of aryl methyl sites for hydroxylation is 1. The zero-order chi connectivity index (χ0) is 22.9. The highest BCUT2D eigenvalue weighted by Gasteiger charge is 2.37. The molecule has 0 saturated carbocycles. The van der Waals surface area contributed by atoms with Crippen molar-refractivity contribution in [1.29, 1.82) is 0 Å². The second kappa shape index (κ2) is 8.58. The topological polar surface area (TPSA) is 85.2 Å². The number of carbonyl (C=O) groups excluding carboxylic acids is 2. The molecule has 0 fully saturated rings. The number of hydrogen-bond acceptors (Lipinski definition) is 5. The molecule has 168 valence electrons. The van der Waals surface area contributed by atoms with E-state index >= 15 is 0 Å². The predicted octanol–water partition coefficient (Wildman–Crippen LogP) is 4.86. The molecule has 1 aliphatic heterocycles. The highest BCUT2D eigenvalue weighted by atomic mass is 16.5. The van der Waals surface area contributed by atoms with Gasteiger partial charge in [0, 0.05) is 23.4 Å². The molecule has 2 aliphatic rings. The first-order valence-electron chi connectivity index (χ1n) is 11.3. The van der Waals surface area contributed by atoms with Crippen molar-refractivity contribution in [3.05, 3.63) is 82.7 Å². The standard InChI is InChI=1S/C26H26N4O3/c1-3-33-19-13-11-18(12-14-19)28-26(32)20-15-27-30-24(17-9-7-16(2)8-10-17)23-21(29-25(20)30)5-4-6-22(23)31/h7-15,24,29H,3-6H2,1-2H3,(H,28,32)/t24-/m1/s1. The van der Waals surface area contributed by atoms with Gasteiger partial charge in [-0.15, -0.1) is 0 Å². The Labute approximate surface area is 192 Å². The molecule has 0 bridgehead atoms. The van der Waals surface area contributed by atoms with Gasteiger partial charge >= 0.3 is 0 Å². The molecule has 5 rings (SSSR count). The number of rotatable bonds is 5. The number of Topliss-reactive ketones (excluding diaryl/α,β-unsaturated/α-hetero) is 1. The third-order valence-corrected chi connectivity index (χ3v) is 6.10. The first kappa shape index (κ1) is 21.0. The molecule has 1 atom stereocenters. The van der Waals surface area contributed by atoms with Crippen LogP contribution in [-0.4, -0.2) is 28.1 Å². The van der Waals surface area contributed by atoms with Gasteiger partial charge in [-0.3, -0.25) is 9.59 Å². The first-order chi connectivity index (χ1) is 16.0. The number of amides is 1. The Balaban J connectivity index is 1.50. The van der Waals surface area contributed by atoms with Crippen molar-refractivity contribution in [1.82, 2.24) is 9.78 Å². The molecule has 3 aromatic rings. The maximum absolute atomic E-state index is 13.2. The number of benzene rings is 2. The molecule has 0 unspecified atom stereocenters. The molecule has 1 aromatic heterocycles. The molecule has 0 spiro atoms. The summed E-state index contributed by atoms with van der Waals surface area (Å²) >= 11 is 0. The predicted molar refractivity (Wildman–Crippen MR) is 127 cm³/mol. The zero-order valence-corrected chi connectivity index (χ0v) is 18.7. The van der Waals surface area contributed by atoms with Crippen LogP contribution in [0.3, 0.4) is 0 Å². The van der Waals surface area contributed by atoms with Gasteiger partial charge in [-0.2, -0.15) is 5.10 Å². The van der Waals surface area contributed by atoms with E-state index in [1.807, 2.05) is 62.4 Å². The SMILES string of the molecule is CCOc1ccc(NC(=O)c2cnn3c2NC2=C(C(=O)CCC2)[C@H]3c2ccc(C)cc2)cc1. The van der Waals surface area contributed by atoms with Crippen LogP contribution in [0.4, 0.5) is 11.5 Å². The lowest BCUT2D eigenvalue weighted by Crippen LogP contribution is -2.32. The average Bonchev–Trinajstić information content (AvgIpc) is 3.24. The molecule has 2 aromatic carbocycles. The maximum Gasteiger partial charge on any atom is 0.261 e. The normalized spacial score (nSPS) is 17.2. The van der Waals surface area contributed by atoms with Crippen molar-refractivity contribution in [3.8, 4) is 5.75 Å². The molecule has 7 heteroatoms. The third kappa shape index (κ3) is 3.91. The summed E-state index contributed by atoms with van der Waals surface area (Å²) in [5.41, 5.74) is 4.87. The summed E-state index contributed by atoms with van der Waals surface area (Å²) in [7, 11) is 0. The Morgan fingerprint density at radius 1 is 1.15 bits per heavy atom. The van der Waals surface area contributed by atoms with Gasteiger partial charge in [0.25, 0.3) is 5.91 Å². The van der Waals surface area contributed by atoms with Gasteiger partial charge in [0.15, 0.2) is 5.78 Å². The smallest absolute Gasteiger partial charge is 0.261 e. The number of hydrogen-bond donors (Lipinski definition) is 2. The van der Waals surface area contributed by atoms with Gasteiger partial charge < -0.3 is 15.4 Å². The first-order valence-corrected chi connectivity index (χ1v) is 11.3. The van der Waals surface area contributed by atoms with Gasteiger partial charge in [-0.1, -0.05) is 29.8 Å². The number of allylic oxidation sites excluding steroid dienone is 2. The second-order valence-corrected chi connectivity index (χ2v) is 8.37. The van der Waals surface area contributed by atoms with E-state index in [0.717, 1.165) is 41.0 Å². The lowest BCUT2D eigenvalue weighted by Gasteiger charge is -2.33. The Kier molecular flexibility index (Phi) is 5.46. The van der Waals surface area contributed by atoms with E-state index in [0.29, 0.717) is 30.1 Å². The fraction of sp³-hybridized carbons (Fsp3) is 0.269. The van der Waals surface area contributed by atoms with Crippen molar-refractivity contribution in [3.63, 3.8) is 0 Å². The Morgan fingerprint density at radius 3 is 2.64 bits per heavy atom. The van der Waals surface area contributed by atoms with Crippen LogP contribution in [0, 0.1) is 6.92 Å². The Bertz CT molecular complexity index is 1240. The van der Waals surface area contributed by atoms with E-state index in [1.54, 1.807) is 10.9 Å². The molecular formula is C26H26N4O3. The number of fused-ring (bicyclic) bond motifs is 1. The van der Waals surface area contributed by atoms with Gasteiger partial charge in [0.2, 0.25) is 0 Å². The van der Waals surface area contributed by atoms with Crippen LogP contribution in [0.25, 0.3) is 0 Å². The van der Waals surface area contributed by atoms with E-state index in [2.05, 4.69) is 15.7 Å². The molecule has 33 heavy (non-hydrogen) atoms. The highest BCUT2D eigenvalue weighted by molar-refractivity contribution is 6.08. The molecule has 1 amide bonds. The minimum atomic E-state index is -0.350. The molecular weight excluding hydrogens is 416 g/mol. The molecule has 7 nitrogen and oxygen atoms in total. The zero-order valence-electron chi connectivity index (χ0n) is 18.7. The van der Waals surface area contributed by atoms with Crippen LogP contribution in [0.15, 0.2) is 66.0 Å². The summed E-state index contributed by atoms with van der Waals surface area (Å²) in [5, 5.41) is 10.8. The van der Waals surface area contributed by atoms with Crippen molar-refractivity contribution in [2.24, 2.45) is 0 Å². The summed E-state index contributed by atoms with van der Waals surface area (Å²) in [4.78, 5) is 26.1. The lowest BCUT2D eigenvalue weighted by atomic mass is 9.85. The molecule has 1 aliphatic carbocycles. The number of anilines is 2. The van der Waals surface area contributed by atoms with Crippen molar-refractivity contribution >= 4 is 23.2 Å². The van der Waals surface area contributed by atoms with Crippen LogP contribution in [0.1, 0.15) is 53.7 Å². The number of aromatic nitrogens is 2. The maximum atomic E-state index is 13.2. The highest BCUT2D eigenvalue weighted by Crippen LogP contribution is 2.41. The van der Waals surface area contributed by atoms with Gasteiger partial charge in [-0.25, -0.2) is 4.68 Å². The number of ketones is 1. The van der Waals surface area contributed by atoms with E-state index in [4.69, 9.17) is 4.74 Å². The minimum Gasteiger partial charge on any atom is -0.494 e. The average molecular weight is 443 g/mol. The van der Waals surface area contributed by atoms with Crippen molar-refractivity contribution in [2.75, 3.05) is 17.2 Å². The number of nitrogens with one attached hydrogen (secondary N) is 2. The monoisotopic (exact) mass is 442 g/mol.